The van der Waals surface area contributed by atoms with Crippen LogP contribution in [0.1, 0.15) is 38.1 Å². The number of aromatic nitrogens is 1. The Balaban J connectivity index is 0.000000921. The molecule has 0 bridgehead atoms. The Labute approximate surface area is 93.3 Å². The van der Waals surface area contributed by atoms with Gasteiger partial charge in [0, 0.05) is 17.3 Å². The van der Waals surface area contributed by atoms with E-state index < -0.39 is 0 Å². The number of rotatable bonds is 2. The van der Waals surface area contributed by atoms with Gasteiger partial charge in [0.25, 0.3) is 0 Å². The quantitative estimate of drug-likeness (QED) is 0.814. The SMILES string of the molecule is CC.Cc1ccc(C(C)N(C)C)c(N)n1. The van der Waals surface area contributed by atoms with Crippen molar-refractivity contribution in [3.05, 3.63) is 23.4 Å². The van der Waals surface area contributed by atoms with Gasteiger partial charge in [-0.2, -0.15) is 0 Å². The van der Waals surface area contributed by atoms with E-state index in [0.29, 0.717) is 11.9 Å². The summed E-state index contributed by atoms with van der Waals surface area (Å²) in [5, 5.41) is 0. The first-order chi connectivity index (χ1) is 7.02. The zero-order valence-corrected chi connectivity index (χ0v) is 10.7. The standard InChI is InChI=1S/C10H17N3.C2H6/c1-7-5-6-9(10(11)12-7)8(2)13(3)4;1-2/h5-6,8H,1-4H3,(H2,11,12);1-2H3. The number of anilines is 1. The van der Waals surface area contributed by atoms with Gasteiger partial charge in [-0.05, 0) is 34.0 Å². The van der Waals surface area contributed by atoms with Gasteiger partial charge in [0.2, 0.25) is 0 Å². The molecule has 0 aliphatic rings. The van der Waals surface area contributed by atoms with Gasteiger partial charge in [0.1, 0.15) is 5.82 Å². The van der Waals surface area contributed by atoms with Gasteiger partial charge in [-0.25, -0.2) is 4.98 Å². The molecule has 1 unspecified atom stereocenters. The third kappa shape index (κ3) is 3.88. The van der Waals surface area contributed by atoms with Crippen molar-refractivity contribution in [3.63, 3.8) is 0 Å². The lowest BCUT2D eigenvalue weighted by atomic mass is 10.1. The molecule has 1 rings (SSSR count). The molecule has 0 radical (unpaired) electrons. The number of nitrogen functional groups attached to an aromatic ring is 1. The van der Waals surface area contributed by atoms with E-state index in [1.807, 2.05) is 47.0 Å². The lowest BCUT2D eigenvalue weighted by molar-refractivity contribution is 0.321. The molecule has 0 aliphatic carbocycles. The summed E-state index contributed by atoms with van der Waals surface area (Å²) < 4.78 is 0. The van der Waals surface area contributed by atoms with E-state index in [9.17, 15) is 0 Å². The maximum atomic E-state index is 5.82. The van der Waals surface area contributed by atoms with Gasteiger partial charge < -0.3 is 10.6 Å². The fraction of sp³-hybridized carbons (Fsp3) is 0.583. The monoisotopic (exact) mass is 209 g/mol. The van der Waals surface area contributed by atoms with E-state index in [4.69, 9.17) is 5.73 Å². The van der Waals surface area contributed by atoms with Gasteiger partial charge in [0.05, 0.1) is 0 Å². The Hall–Kier alpha value is -1.09. The maximum Gasteiger partial charge on any atom is 0.128 e. The van der Waals surface area contributed by atoms with E-state index in [2.05, 4.69) is 16.8 Å². The van der Waals surface area contributed by atoms with E-state index in [1.54, 1.807) is 0 Å². The lowest BCUT2D eigenvalue weighted by Crippen LogP contribution is -2.18. The first kappa shape index (κ1) is 13.9. The topological polar surface area (TPSA) is 42.1 Å². The van der Waals surface area contributed by atoms with Crippen molar-refractivity contribution in [1.29, 1.82) is 0 Å². The number of pyridine rings is 1. The molecule has 0 fully saturated rings. The summed E-state index contributed by atoms with van der Waals surface area (Å²) >= 11 is 0. The van der Waals surface area contributed by atoms with Crippen LogP contribution < -0.4 is 5.73 Å². The molecule has 0 saturated heterocycles. The Morgan fingerprint density at radius 2 is 1.80 bits per heavy atom. The molecule has 86 valence electrons. The highest BCUT2D eigenvalue weighted by Crippen LogP contribution is 2.21. The van der Waals surface area contributed by atoms with Crippen LogP contribution in [0, 0.1) is 6.92 Å². The smallest absolute Gasteiger partial charge is 0.128 e. The van der Waals surface area contributed by atoms with E-state index in [-0.39, 0.29) is 0 Å². The third-order valence-corrected chi connectivity index (χ3v) is 2.32. The van der Waals surface area contributed by atoms with Crippen LogP contribution in [0.4, 0.5) is 5.82 Å². The molecule has 0 amide bonds. The molecule has 3 nitrogen and oxygen atoms in total. The Morgan fingerprint density at radius 1 is 1.27 bits per heavy atom. The normalized spacial score (nSPS) is 11.9. The molecule has 0 aromatic carbocycles. The fourth-order valence-electron chi connectivity index (χ4n) is 1.22. The van der Waals surface area contributed by atoms with Crippen molar-refractivity contribution in [3.8, 4) is 0 Å². The molecular formula is C12H23N3. The number of hydrogen-bond donors (Lipinski definition) is 1. The minimum absolute atomic E-state index is 0.313. The predicted molar refractivity (Wildman–Crippen MR) is 66.8 cm³/mol. The van der Waals surface area contributed by atoms with Gasteiger partial charge in [-0.15, -0.1) is 0 Å². The zero-order chi connectivity index (χ0) is 12.0. The van der Waals surface area contributed by atoms with E-state index >= 15 is 0 Å². The van der Waals surface area contributed by atoms with Crippen LogP contribution in [0.3, 0.4) is 0 Å². The molecule has 1 atom stereocenters. The Kier molecular flexibility index (Phi) is 5.94. The number of nitrogens with zero attached hydrogens (tertiary/aromatic N) is 2. The molecule has 0 saturated carbocycles. The van der Waals surface area contributed by atoms with E-state index in [1.165, 1.54) is 0 Å². The van der Waals surface area contributed by atoms with Crippen molar-refractivity contribution in [2.45, 2.75) is 33.7 Å². The lowest BCUT2D eigenvalue weighted by Gasteiger charge is -2.21. The maximum absolute atomic E-state index is 5.82. The first-order valence-corrected chi connectivity index (χ1v) is 5.42. The fourth-order valence-corrected chi connectivity index (χ4v) is 1.22. The van der Waals surface area contributed by atoms with Crippen LogP contribution in [0.5, 0.6) is 0 Å². The second-order valence-corrected chi connectivity index (χ2v) is 3.57. The van der Waals surface area contributed by atoms with Crippen molar-refractivity contribution in [1.82, 2.24) is 9.88 Å². The highest BCUT2D eigenvalue weighted by molar-refractivity contribution is 5.42. The molecular weight excluding hydrogens is 186 g/mol. The molecule has 15 heavy (non-hydrogen) atoms. The van der Waals surface area contributed by atoms with Gasteiger partial charge >= 0.3 is 0 Å². The van der Waals surface area contributed by atoms with Crippen LogP contribution in [-0.4, -0.2) is 24.0 Å². The molecule has 0 spiro atoms. The highest BCUT2D eigenvalue weighted by Gasteiger charge is 2.11. The third-order valence-electron chi connectivity index (χ3n) is 2.32. The van der Waals surface area contributed by atoms with Gasteiger partial charge in [-0.1, -0.05) is 19.9 Å². The minimum Gasteiger partial charge on any atom is -0.383 e. The van der Waals surface area contributed by atoms with Crippen molar-refractivity contribution in [2.24, 2.45) is 0 Å². The van der Waals surface area contributed by atoms with Crippen LogP contribution in [0.2, 0.25) is 0 Å². The Bertz CT molecular complexity index is 295. The number of nitrogens with two attached hydrogens (primary N) is 1. The summed E-state index contributed by atoms with van der Waals surface area (Å²) in [6.45, 7) is 8.06. The van der Waals surface area contributed by atoms with Crippen molar-refractivity contribution in [2.75, 3.05) is 19.8 Å². The first-order valence-electron chi connectivity index (χ1n) is 5.42. The summed E-state index contributed by atoms with van der Waals surface area (Å²) in [6.07, 6.45) is 0. The average Bonchev–Trinajstić information content (AvgIpc) is 2.20. The minimum atomic E-state index is 0.313. The zero-order valence-electron chi connectivity index (χ0n) is 10.7. The summed E-state index contributed by atoms with van der Waals surface area (Å²) in [7, 11) is 4.06. The summed E-state index contributed by atoms with van der Waals surface area (Å²) in [6, 6.07) is 4.35. The average molecular weight is 209 g/mol. The Morgan fingerprint density at radius 3 is 2.20 bits per heavy atom. The van der Waals surface area contributed by atoms with Gasteiger partial charge in [0.15, 0.2) is 0 Å². The molecule has 2 N–H and O–H groups in total. The van der Waals surface area contributed by atoms with Crippen LogP contribution in [-0.2, 0) is 0 Å². The molecule has 0 aliphatic heterocycles. The van der Waals surface area contributed by atoms with Crippen LogP contribution >= 0.6 is 0 Å². The largest absolute Gasteiger partial charge is 0.383 e. The number of hydrogen-bond acceptors (Lipinski definition) is 3. The molecule has 1 heterocycles. The molecule has 3 heteroatoms. The van der Waals surface area contributed by atoms with E-state index in [0.717, 1.165) is 11.3 Å². The highest BCUT2D eigenvalue weighted by atomic mass is 15.1. The van der Waals surface area contributed by atoms with Crippen LogP contribution in [0.15, 0.2) is 12.1 Å². The summed E-state index contributed by atoms with van der Waals surface area (Å²) in [4.78, 5) is 6.34. The van der Waals surface area contributed by atoms with Crippen molar-refractivity contribution < 1.29 is 0 Å². The summed E-state index contributed by atoms with van der Waals surface area (Å²) in [5.41, 5.74) is 7.88. The number of aryl methyl sites for hydroxylation is 1. The second kappa shape index (κ2) is 6.40. The van der Waals surface area contributed by atoms with Crippen LogP contribution in [0.25, 0.3) is 0 Å². The van der Waals surface area contributed by atoms with Crippen molar-refractivity contribution >= 4 is 5.82 Å². The predicted octanol–water partition coefficient (Wildman–Crippen LogP) is 2.62. The summed E-state index contributed by atoms with van der Waals surface area (Å²) in [5.74, 6) is 0.640. The molecule has 1 aromatic heterocycles. The second-order valence-electron chi connectivity index (χ2n) is 3.57. The molecule has 1 aromatic rings. The van der Waals surface area contributed by atoms with Gasteiger partial charge in [-0.3, -0.25) is 0 Å².